The Morgan fingerprint density at radius 1 is 1.14 bits per heavy atom. The van der Waals surface area contributed by atoms with Gasteiger partial charge in [0.25, 0.3) is 5.91 Å². The molecule has 2 amide bonds. The lowest BCUT2D eigenvalue weighted by Crippen LogP contribution is -2.41. The summed E-state index contributed by atoms with van der Waals surface area (Å²) < 4.78 is 5.24. The average molecular weight is 380 g/mol. The van der Waals surface area contributed by atoms with Crippen molar-refractivity contribution in [2.24, 2.45) is 0 Å². The van der Waals surface area contributed by atoms with Crippen LogP contribution in [-0.4, -0.2) is 30.4 Å². The van der Waals surface area contributed by atoms with Crippen molar-refractivity contribution in [3.05, 3.63) is 60.2 Å². The maximum absolute atomic E-state index is 12.8. The van der Waals surface area contributed by atoms with Gasteiger partial charge in [0.2, 0.25) is 5.91 Å². The lowest BCUT2D eigenvalue weighted by Gasteiger charge is -2.27. The van der Waals surface area contributed by atoms with Crippen LogP contribution >= 0.6 is 0 Å². The molecule has 1 aliphatic heterocycles. The number of fused-ring (bicyclic) bond motifs is 1. The van der Waals surface area contributed by atoms with E-state index in [1.165, 1.54) is 4.90 Å². The van der Waals surface area contributed by atoms with Crippen LogP contribution in [0.3, 0.4) is 0 Å². The molecule has 146 valence electrons. The van der Waals surface area contributed by atoms with E-state index in [4.69, 9.17) is 4.74 Å². The van der Waals surface area contributed by atoms with Crippen LogP contribution in [0.1, 0.15) is 38.2 Å². The number of carbonyl (C=O) groups excluding carboxylic acids is 3. The van der Waals surface area contributed by atoms with Gasteiger partial charge in [-0.05, 0) is 30.5 Å². The summed E-state index contributed by atoms with van der Waals surface area (Å²) in [6.45, 7) is 3.40. The van der Waals surface area contributed by atoms with E-state index in [0.717, 1.165) is 5.56 Å². The Morgan fingerprint density at radius 3 is 2.57 bits per heavy atom. The Balaban J connectivity index is 1.64. The Morgan fingerprint density at radius 2 is 1.82 bits per heavy atom. The Labute approximate surface area is 164 Å². The molecule has 0 aliphatic carbocycles. The number of para-hydroxylation sites is 2. The highest BCUT2D eigenvalue weighted by atomic mass is 16.5. The van der Waals surface area contributed by atoms with Crippen molar-refractivity contribution >= 4 is 29.2 Å². The summed E-state index contributed by atoms with van der Waals surface area (Å²) in [4.78, 5) is 38.5. The molecule has 0 fully saturated rings. The molecular formula is C22H24N2O4. The predicted octanol–water partition coefficient (Wildman–Crippen LogP) is 3.49. The van der Waals surface area contributed by atoms with Gasteiger partial charge in [0.05, 0.1) is 17.8 Å². The van der Waals surface area contributed by atoms with Gasteiger partial charge in [0.15, 0.2) is 6.61 Å². The molecule has 3 rings (SSSR count). The number of ether oxygens (including phenoxy) is 1. The summed E-state index contributed by atoms with van der Waals surface area (Å²) in [6.07, 6.45) is 0.378. The quantitative estimate of drug-likeness (QED) is 0.806. The van der Waals surface area contributed by atoms with Gasteiger partial charge in [0, 0.05) is 12.5 Å². The fourth-order valence-electron chi connectivity index (χ4n) is 3.39. The predicted molar refractivity (Wildman–Crippen MR) is 107 cm³/mol. The first-order valence-corrected chi connectivity index (χ1v) is 9.37. The molecule has 0 saturated heterocycles. The molecule has 0 saturated carbocycles. The first kappa shape index (κ1) is 19.6. The smallest absolute Gasteiger partial charge is 0.306 e. The van der Waals surface area contributed by atoms with E-state index in [0.29, 0.717) is 11.4 Å². The second-order valence-corrected chi connectivity index (χ2v) is 7.06. The number of nitrogens with zero attached hydrogens (tertiary/aromatic N) is 1. The number of nitrogens with one attached hydrogen (secondary N) is 1. The van der Waals surface area contributed by atoms with Crippen LogP contribution in [0.4, 0.5) is 11.4 Å². The van der Waals surface area contributed by atoms with Gasteiger partial charge in [-0.15, -0.1) is 0 Å². The van der Waals surface area contributed by atoms with Crippen LogP contribution in [-0.2, 0) is 19.1 Å². The molecule has 6 nitrogen and oxygen atoms in total. The summed E-state index contributed by atoms with van der Waals surface area (Å²) in [5.41, 5.74) is 2.24. The van der Waals surface area contributed by atoms with Crippen molar-refractivity contribution in [1.82, 2.24) is 0 Å². The van der Waals surface area contributed by atoms with Crippen molar-refractivity contribution in [2.75, 3.05) is 16.8 Å². The number of hydrogen-bond acceptors (Lipinski definition) is 4. The Bertz CT molecular complexity index is 866. The fraction of sp³-hybridized carbons (Fsp3) is 0.318. The first-order chi connectivity index (χ1) is 13.5. The zero-order valence-corrected chi connectivity index (χ0v) is 16.1. The molecule has 0 aromatic heterocycles. The lowest BCUT2D eigenvalue weighted by atomic mass is 9.98. The number of hydrogen-bond donors (Lipinski definition) is 1. The molecule has 0 bridgehead atoms. The zero-order valence-electron chi connectivity index (χ0n) is 16.1. The highest BCUT2D eigenvalue weighted by Gasteiger charge is 2.30. The number of amides is 2. The molecule has 0 spiro atoms. The molecule has 1 heterocycles. The second kappa shape index (κ2) is 8.69. The molecule has 2 atom stereocenters. The van der Waals surface area contributed by atoms with Crippen molar-refractivity contribution in [1.29, 1.82) is 0 Å². The molecule has 0 unspecified atom stereocenters. The summed E-state index contributed by atoms with van der Waals surface area (Å²) in [7, 11) is 0. The van der Waals surface area contributed by atoms with Gasteiger partial charge in [0.1, 0.15) is 0 Å². The van der Waals surface area contributed by atoms with E-state index in [2.05, 4.69) is 5.32 Å². The van der Waals surface area contributed by atoms with Gasteiger partial charge < -0.3 is 15.0 Å². The van der Waals surface area contributed by atoms with Crippen LogP contribution in [0.25, 0.3) is 0 Å². The number of rotatable bonds is 5. The van der Waals surface area contributed by atoms with E-state index in [9.17, 15) is 14.4 Å². The van der Waals surface area contributed by atoms with Crippen LogP contribution in [0.5, 0.6) is 0 Å². The van der Waals surface area contributed by atoms with E-state index in [1.54, 1.807) is 31.2 Å². The minimum atomic E-state index is -0.422. The van der Waals surface area contributed by atoms with Crippen molar-refractivity contribution in [2.45, 2.75) is 38.6 Å². The van der Waals surface area contributed by atoms with E-state index < -0.39 is 5.97 Å². The van der Waals surface area contributed by atoms with Gasteiger partial charge in [-0.2, -0.15) is 0 Å². The Hall–Kier alpha value is -3.15. The summed E-state index contributed by atoms with van der Waals surface area (Å²) in [5, 5.41) is 2.81. The second-order valence-electron chi connectivity index (χ2n) is 7.06. The van der Waals surface area contributed by atoms with Crippen LogP contribution in [0.2, 0.25) is 0 Å². The largest absolute Gasteiger partial charge is 0.456 e. The molecule has 0 radical (unpaired) electrons. The van der Waals surface area contributed by atoms with Crippen molar-refractivity contribution in [3.8, 4) is 0 Å². The molecule has 2 aromatic rings. The first-order valence-electron chi connectivity index (χ1n) is 9.37. The van der Waals surface area contributed by atoms with Crippen molar-refractivity contribution < 1.29 is 19.1 Å². The molecule has 1 N–H and O–H groups in total. The molecule has 28 heavy (non-hydrogen) atoms. The third-order valence-electron chi connectivity index (χ3n) is 4.83. The summed E-state index contributed by atoms with van der Waals surface area (Å²) in [6, 6.07) is 16.5. The summed E-state index contributed by atoms with van der Waals surface area (Å²) >= 11 is 0. The third kappa shape index (κ3) is 4.57. The number of anilines is 2. The van der Waals surface area contributed by atoms with Gasteiger partial charge in [-0.25, -0.2) is 0 Å². The monoisotopic (exact) mass is 380 g/mol. The minimum Gasteiger partial charge on any atom is -0.456 e. The molecule has 1 aliphatic rings. The van der Waals surface area contributed by atoms with Gasteiger partial charge in [-0.3, -0.25) is 14.4 Å². The highest BCUT2D eigenvalue weighted by molar-refractivity contribution is 6.05. The summed E-state index contributed by atoms with van der Waals surface area (Å²) in [5.74, 6) is -0.917. The zero-order chi connectivity index (χ0) is 20.1. The highest BCUT2D eigenvalue weighted by Crippen LogP contribution is 2.31. The van der Waals surface area contributed by atoms with Crippen LogP contribution in [0, 0.1) is 0 Å². The normalized spacial score (nSPS) is 17.1. The van der Waals surface area contributed by atoms with Crippen LogP contribution in [0.15, 0.2) is 54.6 Å². The third-order valence-corrected chi connectivity index (χ3v) is 4.83. The van der Waals surface area contributed by atoms with Gasteiger partial charge in [-0.1, -0.05) is 49.4 Å². The SMILES string of the molecule is C[C@H](CC(=O)OCC(=O)N1c2ccccc2NC(=O)C[C@@H]1C)c1ccccc1. The van der Waals surface area contributed by atoms with Crippen LogP contribution < -0.4 is 10.2 Å². The minimum absolute atomic E-state index is 0.00320. The van der Waals surface area contributed by atoms with E-state index >= 15 is 0 Å². The molecular weight excluding hydrogens is 356 g/mol. The standard InChI is InChI=1S/C22H24N2O4/c1-15(17-8-4-3-5-9-17)12-22(27)28-14-21(26)24-16(2)13-20(25)23-18-10-6-7-11-19(18)24/h3-11,15-16H,12-14H2,1-2H3,(H,23,25)/t15-,16+/m1/s1. The number of esters is 1. The number of benzene rings is 2. The number of carbonyl (C=O) groups is 3. The van der Waals surface area contributed by atoms with Crippen molar-refractivity contribution in [3.63, 3.8) is 0 Å². The topological polar surface area (TPSA) is 75.7 Å². The maximum Gasteiger partial charge on any atom is 0.306 e. The van der Waals surface area contributed by atoms with Gasteiger partial charge >= 0.3 is 5.97 Å². The maximum atomic E-state index is 12.8. The average Bonchev–Trinajstić information content (AvgIpc) is 2.81. The molecule has 2 aromatic carbocycles. The Kier molecular flexibility index (Phi) is 6.09. The van der Waals surface area contributed by atoms with E-state index in [-0.39, 0.29) is 43.2 Å². The van der Waals surface area contributed by atoms with E-state index in [1.807, 2.05) is 37.3 Å². The fourth-order valence-corrected chi connectivity index (χ4v) is 3.39. The lowest BCUT2D eigenvalue weighted by molar-refractivity contribution is -0.148. The molecule has 6 heteroatoms.